The van der Waals surface area contributed by atoms with Crippen molar-refractivity contribution in [3.8, 4) is 0 Å². The summed E-state index contributed by atoms with van der Waals surface area (Å²) in [5, 5.41) is 3.47. The van der Waals surface area contributed by atoms with Gasteiger partial charge in [0, 0.05) is 46.2 Å². The average molecular weight is 403 g/mol. The first-order valence-electron chi connectivity index (χ1n) is 10.6. The molecule has 2 atom stereocenters. The normalized spacial score (nSPS) is 22.4. The number of ether oxygens (including phenoxy) is 2. The van der Waals surface area contributed by atoms with Crippen molar-refractivity contribution < 1.29 is 14.3 Å². The minimum absolute atomic E-state index is 0.131. The highest BCUT2D eigenvalue weighted by Gasteiger charge is 2.41. The molecule has 2 heterocycles. The number of hydrogen-bond donors (Lipinski definition) is 1. The number of nitrogens with one attached hydrogen (secondary N) is 1. The summed E-state index contributed by atoms with van der Waals surface area (Å²) in [6, 6.07) is 11.0. The maximum Gasteiger partial charge on any atom is 0.305 e. The summed E-state index contributed by atoms with van der Waals surface area (Å²) in [5.74, 6) is 0.809. The second kappa shape index (κ2) is 11.2. The molecule has 0 spiro atoms. The molecule has 2 fully saturated rings. The van der Waals surface area contributed by atoms with Crippen molar-refractivity contribution in [1.29, 1.82) is 0 Å². The van der Waals surface area contributed by atoms with Crippen molar-refractivity contribution in [1.82, 2.24) is 15.1 Å². The van der Waals surface area contributed by atoms with E-state index in [1.807, 2.05) is 7.05 Å². The molecule has 7 heteroatoms. The lowest BCUT2D eigenvalue weighted by molar-refractivity contribution is -0.140. The third kappa shape index (κ3) is 6.18. The second-order valence-corrected chi connectivity index (χ2v) is 7.70. The van der Waals surface area contributed by atoms with Gasteiger partial charge in [0.2, 0.25) is 0 Å². The minimum atomic E-state index is -0.131. The summed E-state index contributed by atoms with van der Waals surface area (Å²) in [6.45, 7) is 5.38. The molecule has 160 valence electrons. The van der Waals surface area contributed by atoms with Gasteiger partial charge in [0.15, 0.2) is 5.96 Å². The van der Waals surface area contributed by atoms with Crippen LogP contribution >= 0.6 is 0 Å². The van der Waals surface area contributed by atoms with Crippen LogP contribution in [0.2, 0.25) is 0 Å². The van der Waals surface area contributed by atoms with Crippen molar-refractivity contribution in [2.75, 3.05) is 46.9 Å². The van der Waals surface area contributed by atoms with Gasteiger partial charge in [0.25, 0.3) is 0 Å². The molecule has 2 aliphatic heterocycles. The number of carbonyl (C=O) groups excluding carboxylic acids is 1. The van der Waals surface area contributed by atoms with E-state index < -0.39 is 0 Å². The summed E-state index contributed by atoms with van der Waals surface area (Å²) in [6.07, 6.45) is 3.59. The number of nitrogens with zero attached hydrogens (tertiary/aromatic N) is 3. The van der Waals surface area contributed by atoms with Crippen LogP contribution < -0.4 is 5.32 Å². The number of likely N-dealkylation sites (tertiary alicyclic amines) is 1. The SMILES string of the molecule is CN=C(NCCCCCC(=O)OC)N1CC2OCCN(Cc3ccccc3)C2C1. The van der Waals surface area contributed by atoms with Crippen LogP contribution in [-0.4, -0.2) is 80.8 Å². The maximum atomic E-state index is 11.2. The number of guanidine groups is 1. The molecule has 2 aliphatic rings. The van der Waals surface area contributed by atoms with E-state index in [0.717, 1.165) is 64.6 Å². The fraction of sp³-hybridized carbons (Fsp3) is 0.636. The molecule has 3 rings (SSSR count). The van der Waals surface area contributed by atoms with Gasteiger partial charge < -0.3 is 19.7 Å². The van der Waals surface area contributed by atoms with Crippen LogP contribution in [0.15, 0.2) is 35.3 Å². The third-order valence-corrected chi connectivity index (χ3v) is 5.72. The quantitative estimate of drug-likeness (QED) is 0.310. The number of rotatable bonds is 8. The van der Waals surface area contributed by atoms with Gasteiger partial charge in [-0.15, -0.1) is 0 Å². The summed E-state index contributed by atoms with van der Waals surface area (Å²) in [5.41, 5.74) is 1.35. The molecule has 1 N–H and O–H groups in total. The van der Waals surface area contributed by atoms with Gasteiger partial charge in [-0.1, -0.05) is 36.8 Å². The number of fused-ring (bicyclic) bond motifs is 1. The van der Waals surface area contributed by atoms with Crippen molar-refractivity contribution in [3.63, 3.8) is 0 Å². The smallest absolute Gasteiger partial charge is 0.305 e. The molecule has 29 heavy (non-hydrogen) atoms. The van der Waals surface area contributed by atoms with E-state index in [2.05, 4.69) is 55.2 Å². The Morgan fingerprint density at radius 3 is 2.83 bits per heavy atom. The van der Waals surface area contributed by atoms with Gasteiger partial charge >= 0.3 is 5.97 Å². The predicted octanol–water partition coefficient (Wildman–Crippen LogP) is 1.88. The fourth-order valence-electron chi connectivity index (χ4n) is 4.15. The first-order chi connectivity index (χ1) is 14.2. The number of aliphatic imine (C=N–C) groups is 1. The first-order valence-corrected chi connectivity index (χ1v) is 10.6. The molecule has 7 nitrogen and oxygen atoms in total. The Balaban J connectivity index is 1.45. The average Bonchev–Trinajstić information content (AvgIpc) is 3.19. The summed E-state index contributed by atoms with van der Waals surface area (Å²) >= 11 is 0. The van der Waals surface area contributed by atoms with Gasteiger partial charge in [-0.2, -0.15) is 0 Å². The topological polar surface area (TPSA) is 66.4 Å². The largest absolute Gasteiger partial charge is 0.469 e. The lowest BCUT2D eigenvalue weighted by Gasteiger charge is -2.36. The Bertz CT molecular complexity index is 667. The minimum Gasteiger partial charge on any atom is -0.469 e. The standard InChI is InChI=1S/C22H34N4O3/c1-23-22(24-12-8-4-7-11-21(27)28-2)26-16-19-20(17-26)29-14-13-25(19)15-18-9-5-3-6-10-18/h3,5-6,9-10,19-20H,4,7-8,11-17H2,1-2H3,(H,23,24). The van der Waals surface area contributed by atoms with Gasteiger partial charge in [-0.3, -0.25) is 14.7 Å². The molecule has 0 bridgehead atoms. The second-order valence-electron chi connectivity index (χ2n) is 7.70. The Morgan fingerprint density at radius 1 is 1.24 bits per heavy atom. The number of carbonyl (C=O) groups is 1. The number of hydrogen-bond acceptors (Lipinski definition) is 5. The van der Waals surface area contributed by atoms with Crippen LogP contribution in [0.25, 0.3) is 0 Å². The summed E-state index contributed by atoms with van der Waals surface area (Å²) in [7, 11) is 3.27. The van der Waals surface area contributed by atoms with Crippen LogP contribution in [0.1, 0.15) is 31.2 Å². The lowest BCUT2D eigenvalue weighted by atomic mass is 10.1. The molecule has 0 amide bonds. The zero-order valence-corrected chi connectivity index (χ0v) is 17.7. The van der Waals surface area contributed by atoms with Crippen molar-refractivity contribution >= 4 is 11.9 Å². The number of morpholine rings is 1. The van der Waals surface area contributed by atoms with E-state index in [-0.39, 0.29) is 12.1 Å². The molecule has 1 aromatic rings. The van der Waals surface area contributed by atoms with E-state index in [9.17, 15) is 4.79 Å². The van der Waals surface area contributed by atoms with E-state index in [4.69, 9.17) is 4.74 Å². The highest BCUT2D eigenvalue weighted by atomic mass is 16.5. The molecule has 1 aromatic carbocycles. The molecule has 2 saturated heterocycles. The molecule has 0 aromatic heterocycles. The van der Waals surface area contributed by atoms with Crippen LogP contribution in [-0.2, 0) is 20.8 Å². The molecule has 0 saturated carbocycles. The monoisotopic (exact) mass is 402 g/mol. The van der Waals surface area contributed by atoms with Crippen molar-refractivity contribution in [3.05, 3.63) is 35.9 Å². The van der Waals surface area contributed by atoms with Crippen LogP contribution in [0.4, 0.5) is 0 Å². The molecule has 0 aliphatic carbocycles. The van der Waals surface area contributed by atoms with E-state index in [1.165, 1.54) is 12.7 Å². The highest BCUT2D eigenvalue weighted by molar-refractivity contribution is 5.80. The fourth-order valence-corrected chi connectivity index (χ4v) is 4.15. The number of unbranched alkanes of at least 4 members (excludes halogenated alkanes) is 2. The van der Waals surface area contributed by atoms with Crippen LogP contribution in [0.5, 0.6) is 0 Å². The third-order valence-electron chi connectivity index (χ3n) is 5.72. The van der Waals surface area contributed by atoms with E-state index >= 15 is 0 Å². The van der Waals surface area contributed by atoms with Crippen molar-refractivity contribution in [2.24, 2.45) is 4.99 Å². The number of benzene rings is 1. The summed E-state index contributed by atoms with van der Waals surface area (Å²) in [4.78, 5) is 20.5. The maximum absolute atomic E-state index is 11.2. The van der Waals surface area contributed by atoms with Crippen molar-refractivity contribution in [2.45, 2.75) is 44.4 Å². The molecule has 2 unspecified atom stereocenters. The summed E-state index contributed by atoms with van der Waals surface area (Å²) < 4.78 is 10.8. The Labute approximate surface area is 174 Å². The zero-order chi connectivity index (χ0) is 20.5. The van der Waals surface area contributed by atoms with Gasteiger partial charge in [-0.05, 0) is 18.4 Å². The molecular weight excluding hydrogens is 368 g/mol. The highest BCUT2D eigenvalue weighted by Crippen LogP contribution is 2.24. The zero-order valence-electron chi connectivity index (χ0n) is 17.7. The predicted molar refractivity (Wildman–Crippen MR) is 114 cm³/mol. The molecule has 0 radical (unpaired) electrons. The van der Waals surface area contributed by atoms with Gasteiger partial charge in [0.05, 0.1) is 25.9 Å². The van der Waals surface area contributed by atoms with Crippen LogP contribution in [0.3, 0.4) is 0 Å². The van der Waals surface area contributed by atoms with E-state index in [0.29, 0.717) is 12.5 Å². The van der Waals surface area contributed by atoms with E-state index in [1.54, 1.807) is 0 Å². The molecular formula is C22H34N4O3. The number of esters is 1. The van der Waals surface area contributed by atoms with Gasteiger partial charge in [0.1, 0.15) is 0 Å². The Morgan fingerprint density at radius 2 is 2.07 bits per heavy atom. The first kappa shape index (κ1) is 21.6. The number of methoxy groups -OCH3 is 1. The lowest BCUT2D eigenvalue weighted by Crippen LogP contribution is -2.50. The van der Waals surface area contributed by atoms with Crippen LogP contribution in [0, 0.1) is 0 Å². The van der Waals surface area contributed by atoms with Gasteiger partial charge in [-0.25, -0.2) is 0 Å². The Kier molecular flexibility index (Phi) is 8.31. The Hall–Kier alpha value is -2.12.